The van der Waals surface area contributed by atoms with Crippen LogP contribution in [-0.4, -0.2) is 49.2 Å². The number of hydrogen-bond donors (Lipinski definition) is 3. The molecule has 104 valence electrons. The molecule has 7 heteroatoms. The van der Waals surface area contributed by atoms with Crippen LogP contribution in [0.2, 0.25) is 5.02 Å². The molecule has 0 aliphatic rings. The van der Waals surface area contributed by atoms with Crippen molar-refractivity contribution in [1.82, 2.24) is 10.2 Å². The van der Waals surface area contributed by atoms with Crippen molar-refractivity contribution in [2.45, 2.75) is 0 Å². The van der Waals surface area contributed by atoms with E-state index in [1.165, 1.54) is 23.1 Å². The Labute approximate surface area is 116 Å². The molecule has 0 radical (unpaired) electrons. The summed E-state index contributed by atoms with van der Waals surface area (Å²) >= 11 is 5.82. The number of halogens is 1. The van der Waals surface area contributed by atoms with Crippen molar-refractivity contribution in [2.24, 2.45) is 0 Å². The number of amides is 2. The third-order valence-corrected chi connectivity index (χ3v) is 2.81. The van der Waals surface area contributed by atoms with E-state index in [4.69, 9.17) is 16.7 Å². The van der Waals surface area contributed by atoms with E-state index in [0.29, 0.717) is 18.8 Å². The summed E-state index contributed by atoms with van der Waals surface area (Å²) in [7, 11) is 3.47. The molecule has 6 nitrogen and oxygen atoms in total. The molecule has 3 N–H and O–H groups in total. The maximum Gasteiger partial charge on any atom is 0.337 e. The number of carboxylic acid groups (broad SMARTS) is 1. The standard InChI is InChI=1S/C12H16ClN3O3/c1-14-5-6-16(2)12(19)15-8-3-4-9(11(17)18)10(13)7-8/h3-4,7,14H,5-6H2,1-2H3,(H,15,19)(H,17,18). The van der Waals surface area contributed by atoms with Crippen LogP contribution in [0.1, 0.15) is 10.4 Å². The predicted octanol–water partition coefficient (Wildman–Crippen LogP) is 1.72. The summed E-state index contributed by atoms with van der Waals surface area (Å²) < 4.78 is 0. The zero-order chi connectivity index (χ0) is 14.4. The molecular weight excluding hydrogens is 270 g/mol. The van der Waals surface area contributed by atoms with Gasteiger partial charge in [0.2, 0.25) is 0 Å². The van der Waals surface area contributed by atoms with Gasteiger partial charge in [0, 0.05) is 25.8 Å². The van der Waals surface area contributed by atoms with Gasteiger partial charge in [0.05, 0.1) is 10.6 Å². The quantitative estimate of drug-likeness (QED) is 0.769. The van der Waals surface area contributed by atoms with Gasteiger partial charge < -0.3 is 20.6 Å². The van der Waals surface area contributed by atoms with Gasteiger partial charge in [-0.1, -0.05) is 11.6 Å². The van der Waals surface area contributed by atoms with Crippen LogP contribution in [0, 0.1) is 0 Å². The van der Waals surface area contributed by atoms with Crippen molar-refractivity contribution in [3.63, 3.8) is 0 Å². The van der Waals surface area contributed by atoms with E-state index >= 15 is 0 Å². The molecule has 0 unspecified atom stereocenters. The molecule has 0 heterocycles. The Morgan fingerprint density at radius 3 is 2.63 bits per heavy atom. The minimum absolute atomic E-state index is 0.00297. The van der Waals surface area contributed by atoms with Gasteiger partial charge in [-0.05, 0) is 25.2 Å². The number of hydrogen-bond acceptors (Lipinski definition) is 3. The lowest BCUT2D eigenvalue weighted by Gasteiger charge is -2.17. The summed E-state index contributed by atoms with van der Waals surface area (Å²) in [6.45, 7) is 1.24. The minimum Gasteiger partial charge on any atom is -0.478 e. The number of likely N-dealkylation sites (N-methyl/N-ethyl adjacent to an activating group) is 2. The average Bonchev–Trinajstić information content (AvgIpc) is 2.35. The summed E-state index contributed by atoms with van der Waals surface area (Å²) in [5.74, 6) is -1.10. The molecule has 2 amide bonds. The van der Waals surface area contributed by atoms with Gasteiger partial charge in [0.25, 0.3) is 0 Å². The average molecular weight is 286 g/mol. The molecule has 0 bridgehead atoms. The number of carbonyl (C=O) groups excluding carboxylic acids is 1. The van der Waals surface area contributed by atoms with E-state index in [1.54, 1.807) is 14.1 Å². The van der Waals surface area contributed by atoms with E-state index in [9.17, 15) is 9.59 Å². The molecule has 1 aromatic rings. The van der Waals surface area contributed by atoms with E-state index in [1.807, 2.05) is 0 Å². The van der Waals surface area contributed by atoms with Gasteiger partial charge in [-0.25, -0.2) is 9.59 Å². The highest BCUT2D eigenvalue weighted by atomic mass is 35.5. The van der Waals surface area contributed by atoms with Crippen LogP contribution in [0.4, 0.5) is 10.5 Å². The van der Waals surface area contributed by atoms with Crippen LogP contribution in [0.5, 0.6) is 0 Å². The van der Waals surface area contributed by atoms with Gasteiger partial charge in [-0.2, -0.15) is 0 Å². The number of rotatable bonds is 5. The highest BCUT2D eigenvalue weighted by Crippen LogP contribution is 2.21. The zero-order valence-electron chi connectivity index (χ0n) is 10.7. The first-order chi connectivity index (χ1) is 8.95. The number of nitrogens with zero attached hydrogens (tertiary/aromatic N) is 1. The number of carboxylic acids is 1. The molecule has 0 aromatic heterocycles. The van der Waals surface area contributed by atoms with Crippen LogP contribution in [0.25, 0.3) is 0 Å². The van der Waals surface area contributed by atoms with E-state index < -0.39 is 5.97 Å². The van der Waals surface area contributed by atoms with Crippen molar-refractivity contribution in [1.29, 1.82) is 0 Å². The predicted molar refractivity (Wildman–Crippen MR) is 74.0 cm³/mol. The van der Waals surface area contributed by atoms with E-state index in [0.717, 1.165) is 0 Å². The second-order valence-electron chi connectivity index (χ2n) is 3.96. The number of anilines is 1. The Bertz CT molecular complexity index is 479. The second-order valence-corrected chi connectivity index (χ2v) is 4.36. The molecule has 0 spiro atoms. The third-order valence-electron chi connectivity index (χ3n) is 2.49. The highest BCUT2D eigenvalue weighted by Gasteiger charge is 2.12. The fourth-order valence-electron chi connectivity index (χ4n) is 1.37. The van der Waals surface area contributed by atoms with Gasteiger partial charge in [0.15, 0.2) is 0 Å². The van der Waals surface area contributed by atoms with Crippen molar-refractivity contribution in [2.75, 3.05) is 32.5 Å². The van der Waals surface area contributed by atoms with Gasteiger partial charge in [0.1, 0.15) is 0 Å². The fourth-order valence-corrected chi connectivity index (χ4v) is 1.63. The molecule has 0 aliphatic carbocycles. The Hall–Kier alpha value is -1.79. The first kappa shape index (κ1) is 15.3. The number of aromatic carboxylic acids is 1. The lowest BCUT2D eigenvalue weighted by molar-refractivity contribution is 0.0697. The van der Waals surface area contributed by atoms with Gasteiger partial charge in [-0.15, -0.1) is 0 Å². The molecule has 0 saturated carbocycles. The maximum absolute atomic E-state index is 11.8. The molecule has 1 aromatic carbocycles. The van der Waals surface area contributed by atoms with Gasteiger partial charge >= 0.3 is 12.0 Å². The third kappa shape index (κ3) is 4.42. The fraction of sp³-hybridized carbons (Fsp3) is 0.333. The number of nitrogens with one attached hydrogen (secondary N) is 2. The Morgan fingerprint density at radius 2 is 2.11 bits per heavy atom. The van der Waals surface area contributed by atoms with Gasteiger partial charge in [-0.3, -0.25) is 0 Å². The molecule has 1 rings (SSSR count). The number of benzene rings is 1. The summed E-state index contributed by atoms with van der Waals surface area (Å²) in [5.41, 5.74) is 0.458. The first-order valence-corrected chi connectivity index (χ1v) is 6.03. The van der Waals surface area contributed by atoms with Crippen molar-refractivity contribution >= 4 is 29.3 Å². The summed E-state index contributed by atoms with van der Waals surface area (Å²) in [4.78, 5) is 24.1. The smallest absolute Gasteiger partial charge is 0.337 e. The lowest BCUT2D eigenvalue weighted by Crippen LogP contribution is -2.35. The minimum atomic E-state index is -1.10. The van der Waals surface area contributed by atoms with Crippen molar-refractivity contribution < 1.29 is 14.7 Å². The Balaban J connectivity index is 2.70. The van der Waals surface area contributed by atoms with Crippen molar-refractivity contribution in [3.05, 3.63) is 28.8 Å². The summed E-state index contributed by atoms with van der Waals surface area (Å²) in [5, 5.41) is 14.5. The number of urea groups is 1. The van der Waals surface area contributed by atoms with Crippen LogP contribution in [0.3, 0.4) is 0 Å². The molecule has 0 aliphatic heterocycles. The molecule has 0 saturated heterocycles. The second kappa shape index (κ2) is 6.96. The largest absolute Gasteiger partial charge is 0.478 e. The highest BCUT2D eigenvalue weighted by molar-refractivity contribution is 6.33. The Kier molecular flexibility index (Phi) is 5.59. The SMILES string of the molecule is CNCCN(C)C(=O)Nc1ccc(C(=O)O)c(Cl)c1. The number of carbonyl (C=O) groups is 2. The summed E-state index contributed by atoms with van der Waals surface area (Å²) in [6.07, 6.45) is 0. The molecule has 0 atom stereocenters. The maximum atomic E-state index is 11.8. The summed E-state index contributed by atoms with van der Waals surface area (Å²) in [6, 6.07) is 3.98. The lowest BCUT2D eigenvalue weighted by atomic mass is 10.2. The molecule has 0 fully saturated rings. The van der Waals surface area contributed by atoms with E-state index in [2.05, 4.69) is 10.6 Å². The topological polar surface area (TPSA) is 81.7 Å². The normalized spacial score (nSPS) is 10.1. The zero-order valence-corrected chi connectivity index (χ0v) is 11.5. The van der Waals surface area contributed by atoms with Crippen LogP contribution < -0.4 is 10.6 Å². The van der Waals surface area contributed by atoms with E-state index in [-0.39, 0.29) is 16.6 Å². The van der Waals surface area contributed by atoms with Crippen LogP contribution in [0.15, 0.2) is 18.2 Å². The Morgan fingerprint density at radius 1 is 1.42 bits per heavy atom. The molecular formula is C12H16ClN3O3. The molecule has 19 heavy (non-hydrogen) atoms. The monoisotopic (exact) mass is 285 g/mol. The van der Waals surface area contributed by atoms with Crippen LogP contribution in [-0.2, 0) is 0 Å². The first-order valence-electron chi connectivity index (χ1n) is 5.65. The van der Waals surface area contributed by atoms with Crippen molar-refractivity contribution in [3.8, 4) is 0 Å². The van der Waals surface area contributed by atoms with Crippen LogP contribution >= 0.6 is 11.6 Å².